The summed E-state index contributed by atoms with van der Waals surface area (Å²) in [6.45, 7) is 4.83. The number of rotatable bonds is 3. The molecule has 0 aliphatic rings. The van der Waals surface area contributed by atoms with E-state index in [-0.39, 0.29) is 5.13 Å². The molecule has 0 spiro atoms. The van der Waals surface area contributed by atoms with Crippen LogP contribution in [0.4, 0.5) is 23.1 Å². The van der Waals surface area contributed by atoms with Crippen LogP contribution in [0.1, 0.15) is 20.8 Å². The number of nitrogens with zero attached hydrogens (tertiary/aromatic N) is 1. The quantitative estimate of drug-likeness (QED) is 0.667. The molecule has 0 bridgehead atoms. The van der Waals surface area contributed by atoms with Crippen molar-refractivity contribution in [2.24, 2.45) is 0 Å². The molecule has 0 saturated heterocycles. The zero-order valence-corrected chi connectivity index (χ0v) is 12.6. The van der Waals surface area contributed by atoms with E-state index in [9.17, 15) is 26.4 Å². The van der Waals surface area contributed by atoms with Crippen molar-refractivity contribution < 1.29 is 35.3 Å². The molecule has 7 nitrogen and oxygen atoms in total. The highest BCUT2D eigenvalue weighted by atomic mass is 32.2. The fraction of sp³-hybridized carbons (Fsp3) is 0.556. The average Bonchev–Trinajstić information content (AvgIpc) is 2.59. The van der Waals surface area contributed by atoms with Crippen LogP contribution in [0.3, 0.4) is 0 Å². The number of carbonyl (C=O) groups is 1. The highest BCUT2D eigenvalue weighted by Gasteiger charge is 2.49. The van der Waals surface area contributed by atoms with Crippen molar-refractivity contribution in [3.05, 3.63) is 5.38 Å². The van der Waals surface area contributed by atoms with Crippen molar-refractivity contribution in [1.29, 1.82) is 0 Å². The molecular formula is C9H11F3N2O5S2. The number of alkyl halides is 3. The van der Waals surface area contributed by atoms with Gasteiger partial charge in [0.2, 0.25) is 5.88 Å². The molecule has 1 rings (SSSR count). The molecule has 1 aromatic heterocycles. The lowest BCUT2D eigenvalue weighted by molar-refractivity contribution is -0.0501. The maximum absolute atomic E-state index is 12.1. The van der Waals surface area contributed by atoms with Gasteiger partial charge in [-0.25, -0.2) is 4.79 Å². The van der Waals surface area contributed by atoms with Gasteiger partial charge in [0.05, 0.1) is 5.38 Å². The standard InChI is InChI=1S/C9H11F3N2O5S2/c1-8(2,3)18-7(15)14-6-13-5(4-20-6)19-21(16,17)9(10,11)12/h4H,1-3H3,(H,13,14,15). The highest BCUT2D eigenvalue weighted by Crippen LogP contribution is 2.29. The first-order valence-corrected chi connectivity index (χ1v) is 7.55. The van der Waals surface area contributed by atoms with Gasteiger partial charge in [0.1, 0.15) is 5.60 Å². The van der Waals surface area contributed by atoms with Crippen LogP contribution in [-0.2, 0) is 14.9 Å². The van der Waals surface area contributed by atoms with Gasteiger partial charge in [0, 0.05) is 0 Å². The van der Waals surface area contributed by atoms with E-state index >= 15 is 0 Å². The van der Waals surface area contributed by atoms with Crippen molar-refractivity contribution in [3.8, 4) is 5.88 Å². The molecule has 1 amide bonds. The van der Waals surface area contributed by atoms with E-state index in [1.165, 1.54) is 0 Å². The second-order valence-electron chi connectivity index (χ2n) is 4.60. The van der Waals surface area contributed by atoms with Crippen LogP contribution in [-0.4, -0.2) is 30.6 Å². The Morgan fingerprint density at radius 3 is 2.38 bits per heavy atom. The van der Waals surface area contributed by atoms with Gasteiger partial charge in [0.15, 0.2) is 5.13 Å². The van der Waals surface area contributed by atoms with Gasteiger partial charge in [-0.1, -0.05) is 0 Å². The van der Waals surface area contributed by atoms with E-state index in [4.69, 9.17) is 4.74 Å². The Kier molecular flexibility index (Phi) is 4.73. The second kappa shape index (κ2) is 5.67. The number of halogens is 3. The van der Waals surface area contributed by atoms with Crippen molar-refractivity contribution in [2.45, 2.75) is 31.9 Å². The van der Waals surface area contributed by atoms with Crippen LogP contribution in [0.5, 0.6) is 5.88 Å². The molecular weight excluding hydrogens is 337 g/mol. The zero-order chi connectivity index (χ0) is 16.5. The Labute approximate surface area is 122 Å². The normalized spacial score (nSPS) is 12.9. The van der Waals surface area contributed by atoms with E-state index < -0.39 is 33.2 Å². The van der Waals surface area contributed by atoms with Gasteiger partial charge in [-0.2, -0.15) is 26.6 Å². The number of hydrogen-bond acceptors (Lipinski definition) is 7. The van der Waals surface area contributed by atoms with Crippen LogP contribution in [0.2, 0.25) is 0 Å². The third-order valence-corrected chi connectivity index (χ3v) is 3.26. The van der Waals surface area contributed by atoms with Crippen LogP contribution >= 0.6 is 11.3 Å². The first-order chi connectivity index (χ1) is 9.30. The van der Waals surface area contributed by atoms with Crippen LogP contribution < -0.4 is 9.50 Å². The SMILES string of the molecule is CC(C)(C)OC(=O)Nc1nc(OS(=O)(=O)C(F)(F)F)cs1. The van der Waals surface area contributed by atoms with Crippen LogP contribution in [0.15, 0.2) is 5.38 Å². The summed E-state index contributed by atoms with van der Waals surface area (Å²) in [6, 6.07) is 0. The minimum Gasteiger partial charge on any atom is -0.444 e. The average molecular weight is 348 g/mol. The zero-order valence-electron chi connectivity index (χ0n) is 11.0. The second-order valence-corrected chi connectivity index (χ2v) is 7.00. The molecule has 0 saturated carbocycles. The van der Waals surface area contributed by atoms with E-state index in [0.29, 0.717) is 11.3 Å². The summed E-state index contributed by atoms with van der Waals surface area (Å²) in [5.74, 6) is -0.802. The van der Waals surface area contributed by atoms with Crippen LogP contribution in [0.25, 0.3) is 0 Å². The van der Waals surface area contributed by atoms with Gasteiger partial charge in [0.25, 0.3) is 0 Å². The number of thiazole rings is 1. The largest absolute Gasteiger partial charge is 0.534 e. The molecule has 0 unspecified atom stereocenters. The maximum atomic E-state index is 12.1. The van der Waals surface area contributed by atoms with Gasteiger partial charge >= 0.3 is 21.7 Å². The molecule has 1 heterocycles. The Morgan fingerprint density at radius 1 is 1.33 bits per heavy atom. The number of amides is 1. The smallest absolute Gasteiger partial charge is 0.444 e. The molecule has 120 valence electrons. The Morgan fingerprint density at radius 2 is 1.90 bits per heavy atom. The number of carbonyl (C=O) groups excluding carboxylic acids is 1. The molecule has 0 fully saturated rings. The molecule has 0 atom stereocenters. The predicted molar refractivity (Wildman–Crippen MR) is 67.6 cm³/mol. The molecule has 1 N–H and O–H groups in total. The minimum atomic E-state index is -5.79. The monoisotopic (exact) mass is 348 g/mol. The molecule has 0 aliphatic heterocycles. The Balaban J connectivity index is 2.73. The lowest BCUT2D eigenvalue weighted by atomic mass is 10.2. The van der Waals surface area contributed by atoms with E-state index in [1.807, 2.05) is 0 Å². The van der Waals surface area contributed by atoms with Crippen molar-refractivity contribution >= 4 is 32.7 Å². The lowest BCUT2D eigenvalue weighted by Crippen LogP contribution is -2.28. The van der Waals surface area contributed by atoms with E-state index in [2.05, 4.69) is 14.5 Å². The number of aromatic nitrogens is 1. The van der Waals surface area contributed by atoms with Gasteiger partial charge in [-0.05, 0) is 20.8 Å². The van der Waals surface area contributed by atoms with Crippen molar-refractivity contribution in [3.63, 3.8) is 0 Å². The third kappa shape index (κ3) is 5.38. The first-order valence-electron chi connectivity index (χ1n) is 5.26. The summed E-state index contributed by atoms with van der Waals surface area (Å²) >= 11 is 0.675. The van der Waals surface area contributed by atoms with Crippen molar-refractivity contribution in [2.75, 3.05) is 5.32 Å². The highest BCUT2D eigenvalue weighted by molar-refractivity contribution is 7.88. The fourth-order valence-electron chi connectivity index (χ4n) is 0.905. The number of anilines is 1. The molecule has 0 radical (unpaired) electrons. The van der Waals surface area contributed by atoms with Gasteiger partial charge in [-0.3, -0.25) is 5.32 Å². The minimum absolute atomic E-state index is 0.170. The first kappa shape index (κ1) is 17.5. The summed E-state index contributed by atoms with van der Waals surface area (Å²) in [5, 5.41) is 2.86. The third-order valence-electron chi connectivity index (χ3n) is 1.57. The number of ether oxygens (including phenoxy) is 1. The van der Waals surface area contributed by atoms with Crippen LogP contribution in [0, 0.1) is 0 Å². The molecule has 1 aromatic rings. The summed E-state index contributed by atoms with van der Waals surface area (Å²) in [5.41, 5.74) is -6.34. The molecule has 0 aliphatic carbocycles. The predicted octanol–water partition coefficient (Wildman–Crippen LogP) is 2.72. The number of hydrogen-bond donors (Lipinski definition) is 1. The van der Waals surface area contributed by atoms with Gasteiger partial charge in [-0.15, -0.1) is 11.3 Å². The van der Waals surface area contributed by atoms with E-state index in [0.717, 1.165) is 5.38 Å². The summed E-state index contributed by atoms with van der Waals surface area (Å²) < 4.78 is 66.4. The van der Waals surface area contributed by atoms with E-state index in [1.54, 1.807) is 20.8 Å². The summed E-state index contributed by atoms with van der Waals surface area (Å²) in [7, 11) is -5.79. The van der Waals surface area contributed by atoms with Crippen molar-refractivity contribution in [1.82, 2.24) is 4.98 Å². The summed E-state index contributed by atoms with van der Waals surface area (Å²) in [6.07, 6.45) is -0.887. The molecule has 21 heavy (non-hydrogen) atoms. The fourth-order valence-corrected chi connectivity index (χ4v) is 1.97. The lowest BCUT2D eigenvalue weighted by Gasteiger charge is -2.18. The molecule has 0 aromatic carbocycles. The Bertz CT molecular complexity index is 618. The topological polar surface area (TPSA) is 94.6 Å². The Hall–Kier alpha value is -1.56. The summed E-state index contributed by atoms with van der Waals surface area (Å²) in [4.78, 5) is 14.8. The number of nitrogens with one attached hydrogen (secondary N) is 1. The molecule has 12 heteroatoms. The maximum Gasteiger partial charge on any atom is 0.534 e. The van der Waals surface area contributed by atoms with Gasteiger partial charge < -0.3 is 8.92 Å².